The van der Waals surface area contributed by atoms with E-state index in [4.69, 9.17) is 0 Å². The molecule has 1 unspecified atom stereocenters. The number of hydrogen-bond donors (Lipinski definition) is 1. The predicted molar refractivity (Wildman–Crippen MR) is 73.8 cm³/mol. The van der Waals surface area contributed by atoms with Crippen molar-refractivity contribution in [2.75, 3.05) is 12.4 Å². The number of imide groups is 1. The number of hydrogen-bond acceptors (Lipinski definition) is 6. The number of nitro groups is 1. The Morgan fingerprint density at radius 2 is 2.00 bits per heavy atom. The van der Waals surface area contributed by atoms with Gasteiger partial charge in [0.25, 0.3) is 5.91 Å². The number of aryl methyl sites for hydroxylation is 1. The maximum absolute atomic E-state index is 11.9. The van der Waals surface area contributed by atoms with Gasteiger partial charge < -0.3 is 5.32 Å². The Bertz CT molecular complexity index is 621. The number of carbonyl (C=O) groups is 2. The average molecular weight is 295 g/mol. The molecule has 1 aliphatic heterocycles. The van der Waals surface area contributed by atoms with Crippen molar-refractivity contribution in [3.63, 3.8) is 0 Å². The van der Waals surface area contributed by atoms with E-state index in [0.717, 1.165) is 4.90 Å². The zero-order valence-corrected chi connectivity index (χ0v) is 12.3. The molecule has 2 amide bonds. The van der Waals surface area contributed by atoms with Crippen molar-refractivity contribution in [1.29, 1.82) is 0 Å². The van der Waals surface area contributed by atoms with Gasteiger partial charge >= 0.3 is 5.69 Å². The predicted octanol–water partition coefficient (Wildman–Crippen LogP) is 0.621. The van der Waals surface area contributed by atoms with Crippen molar-refractivity contribution in [2.45, 2.75) is 32.2 Å². The number of nitrogens with one attached hydrogen (secondary N) is 1. The molecule has 1 atom stereocenters. The second-order valence-corrected chi connectivity index (χ2v) is 5.31. The highest BCUT2D eigenvalue weighted by Crippen LogP contribution is 2.34. The van der Waals surface area contributed by atoms with Crippen LogP contribution in [0.2, 0.25) is 0 Å². The van der Waals surface area contributed by atoms with Crippen LogP contribution in [-0.4, -0.2) is 44.5 Å². The summed E-state index contributed by atoms with van der Waals surface area (Å²) in [6, 6.07) is -0.795. The van der Waals surface area contributed by atoms with Crippen LogP contribution in [0, 0.1) is 10.1 Å². The number of anilines is 1. The second kappa shape index (κ2) is 5.15. The molecule has 1 aromatic heterocycles. The van der Waals surface area contributed by atoms with E-state index in [0.29, 0.717) is 5.69 Å². The fourth-order valence-corrected chi connectivity index (χ4v) is 2.30. The smallest absolute Gasteiger partial charge is 0.334 e. The lowest BCUT2D eigenvalue weighted by atomic mass is 10.1. The number of likely N-dealkylation sites (tertiary alicyclic amines) is 1. The lowest BCUT2D eigenvalue weighted by Crippen LogP contribution is -2.32. The van der Waals surface area contributed by atoms with E-state index in [1.807, 2.05) is 0 Å². The fraction of sp³-hybridized carbons (Fsp3) is 0.583. The third kappa shape index (κ3) is 2.46. The first-order chi connectivity index (χ1) is 9.73. The highest BCUT2D eigenvalue weighted by Gasteiger charge is 2.39. The molecule has 1 saturated heterocycles. The molecule has 1 aliphatic rings. The van der Waals surface area contributed by atoms with E-state index in [2.05, 4.69) is 10.4 Å². The van der Waals surface area contributed by atoms with Crippen LogP contribution in [0.1, 0.15) is 31.9 Å². The van der Waals surface area contributed by atoms with Gasteiger partial charge in [0.2, 0.25) is 11.7 Å². The van der Waals surface area contributed by atoms with Crippen molar-refractivity contribution in [1.82, 2.24) is 14.7 Å². The molecular formula is C12H17N5O4. The van der Waals surface area contributed by atoms with Gasteiger partial charge in [-0.25, -0.2) is 4.68 Å². The van der Waals surface area contributed by atoms with Gasteiger partial charge in [-0.15, -0.1) is 0 Å². The monoisotopic (exact) mass is 295 g/mol. The zero-order chi connectivity index (χ0) is 15.9. The van der Waals surface area contributed by atoms with E-state index in [1.165, 1.54) is 11.7 Å². The molecule has 9 heteroatoms. The minimum Gasteiger partial charge on any atom is -0.352 e. The van der Waals surface area contributed by atoms with E-state index in [9.17, 15) is 19.7 Å². The molecule has 1 aromatic rings. The van der Waals surface area contributed by atoms with Gasteiger partial charge in [0.1, 0.15) is 11.7 Å². The summed E-state index contributed by atoms with van der Waals surface area (Å²) >= 11 is 0. The molecule has 2 heterocycles. The minimum atomic E-state index is -0.795. The summed E-state index contributed by atoms with van der Waals surface area (Å²) in [5, 5.41) is 18.2. The van der Waals surface area contributed by atoms with Gasteiger partial charge in [0.15, 0.2) is 0 Å². The first kappa shape index (κ1) is 14.9. The van der Waals surface area contributed by atoms with Gasteiger partial charge in [-0.2, -0.15) is 5.10 Å². The van der Waals surface area contributed by atoms with Crippen molar-refractivity contribution < 1.29 is 14.5 Å². The highest BCUT2D eigenvalue weighted by atomic mass is 16.6. The van der Waals surface area contributed by atoms with Crippen LogP contribution >= 0.6 is 0 Å². The largest absolute Gasteiger partial charge is 0.352 e. The third-order valence-electron chi connectivity index (χ3n) is 3.47. The molecule has 1 fully saturated rings. The van der Waals surface area contributed by atoms with E-state index < -0.39 is 16.9 Å². The number of amides is 2. The molecule has 1 N–H and O–H groups in total. The number of carbonyl (C=O) groups excluding carboxylic acids is 2. The molecule has 2 rings (SSSR count). The molecule has 9 nitrogen and oxygen atoms in total. The molecule has 21 heavy (non-hydrogen) atoms. The van der Waals surface area contributed by atoms with Gasteiger partial charge in [0, 0.05) is 20.0 Å². The van der Waals surface area contributed by atoms with Gasteiger partial charge in [-0.1, -0.05) is 13.8 Å². The maximum atomic E-state index is 11.9. The van der Waals surface area contributed by atoms with Crippen molar-refractivity contribution in [3.8, 4) is 0 Å². The van der Waals surface area contributed by atoms with Gasteiger partial charge in [-0.05, 0) is 0 Å². The van der Waals surface area contributed by atoms with Crippen LogP contribution in [0.5, 0.6) is 0 Å². The lowest BCUT2D eigenvalue weighted by Gasteiger charge is -2.11. The van der Waals surface area contributed by atoms with E-state index in [-0.39, 0.29) is 29.8 Å². The Kier molecular flexibility index (Phi) is 3.67. The molecule has 0 aliphatic carbocycles. The molecule has 0 bridgehead atoms. The molecule has 0 spiro atoms. The first-order valence-corrected chi connectivity index (χ1v) is 6.52. The number of rotatable bonds is 4. The van der Waals surface area contributed by atoms with E-state index in [1.54, 1.807) is 20.9 Å². The Morgan fingerprint density at radius 1 is 1.38 bits per heavy atom. The molecule has 0 radical (unpaired) electrons. The normalized spacial score (nSPS) is 18.7. The Hall–Kier alpha value is -2.45. The van der Waals surface area contributed by atoms with Crippen molar-refractivity contribution in [3.05, 3.63) is 15.8 Å². The van der Waals surface area contributed by atoms with Crippen LogP contribution in [0.15, 0.2) is 0 Å². The Labute approximate surface area is 121 Å². The quantitative estimate of drug-likeness (QED) is 0.495. The van der Waals surface area contributed by atoms with Crippen LogP contribution in [0.25, 0.3) is 0 Å². The Morgan fingerprint density at radius 3 is 2.43 bits per heavy atom. The fourth-order valence-electron chi connectivity index (χ4n) is 2.30. The number of likely N-dealkylation sites (N-methyl/N-ethyl adjacent to an activating group) is 1. The minimum absolute atomic E-state index is 0.0192. The summed E-state index contributed by atoms with van der Waals surface area (Å²) in [6.45, 7) is 3.61. The summed E-state index contributed by atoms with van der Waals surface area (Å²) < 4.78 is 1.34. The van der Waals surface area contributed by atoms with Crippen LogP contribution in [0.3, 0.4) is 0 Å². The van der Waals surface area contributed by atoms with Crippen molar-refractivity contribution >= 4 is 23.3 Å². The highest BCUT2D eigenvalue weighted by molar-refractivity contribution is 6.06. The zero-order valence-electron chi connectivity index (χ0n) is 12.3. The summed E-state index contributed by atoms with van der Waals surface area (Å²) in [4.78, 5) is 35.2. The van der Waals surface area contributed by atoms with Crippen molar-refractivity contribution in [2.24, 2.45) is 7.05 Å². The third-order valence-corrected chi connectivity index (χ3v) is 3.47. The standard InChI is InChI=1S/C12H17N5O4/c1-6(2)9-10(17(20)21)11(16(4)14-9)13-7-5-8(18)15(3)12(7)19/h6-7,13H,5H2,1-4H3. The summed E-state index contributed by atoms with van der Waals surface area (Å²) in [5.41, 5.74) is 0.192. The van der Waals surface area contributed by atoms with Crippen LogP contribution in [-0.2, 0) is 16.6 Å². The number of aromatic nitrogens is 2. The summed E-state index contributed by atoms with van der Waals surface area (Å²) in [5.74, 6) is -0.700. The van der Waals surface area contributed by atoms with Crippen LogP contribution < -0.4 is 5.32 Å². The molecule has 0 saturated carbocycles. The van der Waals surface area contributed by atoms with Gasteiger partial charge in [-0.3, -0.25) is 24.6 Å². The number of nitrogens with zero attached hydrogens (tertiary/aromatic N) is 4. The van der Waals surface area contributed by atoms with E-state index >= 15 is 0 Å². The average Bonchev–Trinajstić information content (AvgIpc) is 2.84. The Balaban J connectivity index is 2.39. The molecule has 114 valence electrons. The topological polar surface area (TPSA) is 110 Å². The summed E-state index contributed by atoms with van der Waals surface area (Å²) in [7, 11) is 2.95. The first-order valence-electron chi connectivity index (χ1n) is 6.52. The molecular weight excluding hydrogens is 278 g/mol. The van der Waals surface area contributed by atoms with Gasteiger partial charge in [0.05, 0.1) is 11.3 Å². The second-order valence-electron chi connectivity index (χ2n) is 5.31. The summed E-state index contributed by atoms with van der Waals surface area (Å²) in [6.07, 6.45) is -0.0192. The maximum Gasteiger partial charge on any atom is 0.334 e. The molecule has 0 aromatic carbocycles. The van der Waals surface area contributed by atoms with Crippen LogP contribution in [0.4, 0.5) is 11.5 Å². The SMILES string of the molecule is CC(C)c1nn(C)c(NC2CC(=O)N(C)C2=O)c1[N+](=O)[O-]. The lowest BCUT2D eigenvalue weighted by molar-refractivity contribution is -0.384.